The summed E-state index contributed by atoms with van der Waals surface area (Å²) in [7, 11) is 3.79. The van der Waals surface area contributed by atoms with Gasteiger partial charge in [0.25, 0.3) is 0 Å². The van der Waals surface area contributed by atoms with Crippen molar-refractivity contribution < 1.29 is 4.74 Å². The second-order valence-corrected chi connectivity index (χ2v) is 14.5. The molecule has 0 amide bonds. The van der Waals surface area contributed by atoms with Crippen LogP contribution in [0.15, 0.2) is 169 Å². The Kier molecular flexibility index (Phi) is 16.2. The highest BCUT2D eigenvalue weighted by molar-refractivity contribution is 6.12. The van der Waals surface area contributed by atoms with Gasteiger partial charge < -0.3 is 9.64 Å². The molecule has 0 aliphatic heterocycles. The predicted molar refractivity (Wildman–Crippen MR) is 250 cm³/mol. The van der Waals surface area contributed by atoms with Crippen molar-refractivity contribution in [3.63, 3.8) is 0 Å². The van der Waals surface area contributed by atoms with E-state index in [1.165, 1.54) is 55.1 Å². The van der Waals surface area contributed by atoms with Crippen LogP contribution in [0.2, 0.25) is 0 Å². The maximum Gasteiger partial charge on any atom is 0.122 e. The molecule has 0 bridgehead atoms. The highest BCUT2D eigenvalue weighted by atomic mass is 16.5. The molecule has 0 N–H and O–H groups in total. The number of benzene rings is 4. The molecule has 0 atom stereocenters. The van der Waals surface area contributed by atoms with Gasteiger partial charge in [-0.05, 0) is 120 Å². The van der Waals surface area contributed by atoms with E-state index < -0.39 is 0 Å². The Morgan fingerprint density at radius 2 is 1.61 bits per heavy atom. The molecule has 1 aliphatic carbocycles. The molecule has 0 heterocycles. The fraction of sp³-hybridized carbons (Fsp3) is 0.236. The third kappa shape index (κ3) is 10.4. The standard InChI is InChI=1S/C30H31N.C23H26O.C2H2/c1-6-8-9-10-15-23(3)25(7-2)21-20-24(4)31(5)30-22-26-16-11-12-17-27(26)28-18-13-14-19-29(28)30;1-5-18-19-13-7-8-14-21(19)23(2,3)20(18)15-10-12-17-11-6-9-16-22(17)24-4;1-2/h7-9,11-13,15-18,20-22H,4,6,10H2,1-3,5H3;6-11,13-16H,5,12H2,1-4H3;1-2H/b9-8?,21-20-,23-15+,25-7+;15-10-;. The Balaban J connectivity index is 0.000000249. The minimum absolute atomic E-state index is 0.0687. The summed E-state index contributed by atoms with van der Waals surface area (Å²) in [5.41, 5.74) is 11.6. The molecule has 0 fully saturated rings. The molecule has 0 saturated heterocycles. The first-order chi connectivity index (χ1) is 27.7. The van der Waals surface area contributed by atoms with Gasteiger partial charge in [0.1, 0.15) is 5.75 Å². The van der Waals surface area contributed by atoms with Gasteiger partial charge in [0.05, 0.1) is 18.2 Å². The smallest absolute Gasteiger partial charge is 0.122 e. The molecule has 0 unspecified atom stereocenters. The van der Waals surface area contributed by atoms with Crippen LogP contribution in [0.25, 0.3) is 27.1 Å². The van der Waals surface area contributed by atoms with Crippen LogP contribution in [-0.4, -0.2) is 14.2 Å². The fourth-order valence-electron chi connectivity index (χ4n) is 7.53. The maximum absolute atomic E-state index is 5.46. The topological polar surface area (TPSA) is 12.5 Å². The van der Waals surface area contributed by atoms with Gasteiger partial charge in [0, 0.05) is 23.5 Å². The Hall–Kier alpha value is -6.22. The number of methoxy groups -OCH3 is 1. The van der Waals surface area contributed by atoms with Crippen LogP contribution in [0.3, 0.4) is 0 Å². The van der Waals surface area contributed by atoms with Crippen LogP contribution in [0.4, 0.5) is 5.69 Å². The van der Waals surface area contributed by atoms with E-state index in [2.05, 4.69) is 206 Å². The molecular weight excluding hydrogens is 691 g/mol. The van der Waals surface area contributed by atoms with Crippen molar-refractivity contribution in [2.45, 2.75) is 72.6 Å². The average molecular weight is 750 g/mol. The minimum Gasteiger partial charge on any atom is -0.496 e. The van der Waals surface area contributed by atoms with Crippen LogP contribution in [0, 0.1) is 25.0 Å². The highest BCUT2D eigenvalue weighted by Crippen LogP contribution is 2.47. The van der Waals surface area contributed by atoms with Crippen molar-refractivity contribution in [3.8, 4) is 18.6 Å². The second kappa shape index (κ2) is 21.2. The number of likely N-dealkylation sites (N-methyl/N-ethyl adjacent to an activating group) is 1. The van der Waals surface area contributed by atoms with Crippen LogP contribution < -0.4 is 9.64 Å². The Labute approximate surface area is 344 Å². The maximum atomic E-state index is 5.46. The molecule has 5 aromatic rings. The first kappa shape index (κ1) is 43.5. The van der Waals surface area contributed by atoms with Crippen LogP contribution in [0.1, 0.15) is 77.5 Å². The van der Waals surface area contributed by atoms with Crippen LogP contribution in [-0.2, 0) is 11.8 Å². The third-order valence-corrected chi connectivity index (χ3v) is 10.7. The molecule has 0 saturated carbocycles. The molecule has 290 valence electrons. The lowest BCUT2D eigenvalue weighted by molar-refractivity contribution is 0.410. The fourth-order valence-corrected chi connectivity index (χ4v) is 7.53. The number of anilines is 1. The number of para-hydroxylation sites is 1. The third-order valence-electron chi connectivity index (χ3n) is 10.7. The van der Waals surface area contributed by atoms with Gasteiger partial charge in [-0.3, -0.25) is 0 Å². The summed E-state index contributed by atoms with van der Waals surface area (Å²) in [4.78, 5) is 2.13. The van der Waals surface area contributed by atoms with Crippen molar-refractivity contribution in [1.82, 2.24) is 0 Å². The van der Waals surface area contributed by atoms with Crippen molar-refractivity contribution in [3.05, 3.63) is 197 Å². The molecule has 6 rings (SSSR count). The van der Waals surface area contributed by atoms with E-state index in [1.807, 2.05) is 18.2 Å². The molecule has 1 aliphatic rings. The van der Waals surface area contributed by atoms with Crippen molar-refractivity contribution in [2.24, 2.45) is 0 Å². The van der Waals surface area contributed by atoms with Crippen LogP contribution >= 0.6 is 0 Å². The molecule has 2 heteroatoms. The predicted octanol–water partition coefficient (Wildman–Crippen LogP) is 14.5. The largest absolute Gasteiger partial charge is 0.496 e. The zero-order valence-corrected chi connectivity index (χ0v) is 35.3. The van der Waals surface area contributed by atoms with E-state index in [1.54, 1.807) is 7.11 Å². The van der Waals surface area contributed by atoms with Gasteiger partial charge in [0.15, 0.2) is 0 Å². The van der Waals surface area contributed by atoms with E-state index in [0.717, 1.165) is 48.2 Å². The number of hydrogen-bond acceptors (Lipinski definition) is 2. The number of terminal acetylenes is 1. The number of fused-ring (bicyclic) bond motifs is 4. The molecule has 5 aromatic carbocycles. The van der Waals surface area contributed by atoms with Gasteiger partial charge in [0.2, 0.25) is 0 Å². The van der Waals surface area contributed by atoms with Gasteiger partial charge >= 0.3 is 0 Å². The van der Waals surface area contributed by atoms with Crippen LogP contribution in [0.5, 0.6) is 5.75 Å². The first-order valence-electron chi connectivity index (χ1n) is 19.9. The SMILES string of the molecule is C#C.C=C(\C=C/C(=C\C)C(/C)=C/CC=CCC)N(C)c1cc2ccccc2c2ccc#cc12.CCC1=C(/C=C\Cc2ccccc2OC)C(C)(C)c2ccccc21. The van der Waals surface area contributed by atoms with E-state index in [4.69, 9.17) is 4.74 Å². The number of nitrogens with zero attached hydrogens (tertiary/aromatic N) is 1. The molecule has 0 spiro atoms. The average Bonchev–Trinajstić information content (AvgIpc) is 3.47. The molecule has 0 radical (unpaired) electrons. The zero-order valence-electron chi connectivity index (χ0n) is 35.3. The van der Waals surface area contributed by atoms with Gasteiger partial charge in [-0.15, -0.1) is 12.8 Å². The van der Waals surface area contributed by atoms with Crippen molar-refractivity contribution in [1.29, 1.82) is 0 Å². The molecule has 57 heavy (non-hydrogen) atoms. The zero-order chi connectivity index (χ0) is 41.4. The minimum atomic E-state index is 0.0687. The number of allylic oxidation sites excluding steroid dienone is 12. The normalized spacial score (nSPS) is 13.6. The summed E-state index contributed by atoms with van der Waals surface area (Å²) >= 11 is 0. The molecule has 0 aromatic heterocycles. The summed E-state index contributed by atoms with van der Waals surface area (Å²) in [5, 5.41) is 4.68. The highest BCUT2D eigenvalue weighted by Gasteiger charge is 2.35. The van der Waals surface area contributed by atoms with Crippen molar-refractivity contribution in [2.75, 3.05) is 19.1 Å². The molecule has 2 nitrogen and oxygen atoms in total. The van der Waals surface area contributed by atoms with E-state index in [0.29, 0.717) is 0 Å². The molecular formula is C55H59NO. The monoisotopic (exact) mass is 749 g/mol. The summed E-state index contributed by atoms with van der Waals surface area (Å²) in [6.45, 7) is 17.6. The summed E-state index contributed by atoms with van der Waals surface area (Å²) in [6, 6.07) is 38.2. The lowest BCUT2D eigenvalue weighted by atomic mass is 9.81. The lowest BCUT2D eigenvalue weighted by Gasteiger charge is -2.23. The van der Waals surface area contributed by atoms with E-state index in [9.17, 15) is 0 Å². The summed E-state index contributed by atoms with van der Waals surface area (Å²) in [5.74, 6) is 0.959. The van der Waals surface area contributed by atoms with Gasteiger partial charge in [-0.2, -0.15) is 0 Å². The van der Waals surface area contributed by atoms with Crippen molar-refractivity contribution >= 4 is 32.8 Å². The number of ether oxygens (including phenoxy) is 1. The summed E-state index contributed by atoms with van der Waals surface area (Å²) in [6.07, 6.45) is 29.6. The van der Waals surface area contributed by atoms with E-state index >= 15 is 0 Å². The Bertz CT molecular complexity index is 2350. The number of rotatable bonds is 13. The summed E-state index contributed by atoms with van der Waals surface area (Å²) < 4.78 is 5.46. The Morgan fingerprint density at radius 3 is 2.35 bits per heavy atom. The quantitative estimate of drug-likeness (QED) is 0.0675. The first-order valence-corrected chi connectivity index (χ1v) is 19.9. The van der Waals surface area contributed by atoms with E-state index in [-0.39, 0.29) is 5.41 Å². The van der Waals surface area contributed by atoms with Gasteiger partial charge in [-0.25, -0.2) is 0 Å². The van der Waals surface area contributed by atoms with Gasteiger partial charge in [-0.1, -0.05) is 156 Å². The Morgan fingerprint density at radius 1 is 0.895 bits per heavy atom. The lowest BCUT2D eigenvalue weighted by Crippen LogP contribution is -2.16. The second-order valence-electron chi connectivity index (χ2n) is 14.5. The number of hydrogen-bond donors (Lipinski definition) is 0.